The summed E-state index contributed by atoms with van der Waals surface area (Å²) in [4.78, 5) is 11.4. The number of nitrogens with one attached hydrogen (secondary N) is 1. The summed E-state index contributed by atoms with van der Waals surface area (Å²) in [6.45, 7) is 0.00778. The first-order chi connectivity index (χ1) is 10.0. The zero-order chi connectivity index (χ0) is 15.0. The number of hydrogen-bond acceptors (Lipinski definition) is 3. The number of fused-ring (bicyclic) bond motifs is 1. The van der Waals surface area contributed by atoms with Gasteiger partial charge in [0.15, 0.2) is 6.61 Å². The zero-order valence-electron chi connectivity index (χ0n) is 10.9. The Morgan fingerprint density at radius 3 is 2.90 bits per heavy atom. The minimum absolute atomic E-state index is 0.00778. The van der Waals surface area contributed by atoms with Crippen molar-refractivity contribution in [3.05, 3.63) is 57.8 Å². The van der Waals surface area contributed by atoms with Crippen molar-refractivity contribution in [2.75, 3.05) is 11.9 Å². The van der Waals surface area contributed by atoms with Crippen LogP contribution in [0.5, 0.6) is 5.75 Å². The van der Waals surface area contributed by atoms with Crippen molar-refractivity contribution < 1.29 is 13.9 Å². The lowest BCUT2D eigenvalue weighted by atomic mass is 9.98. The third-order valence-electron chi connectivity index (χ3n) is 3.29. The van der Waals surface area contributed by atoms with Gasteiger partial charge in [0.2, 0.25) is 0 Å². The number of nitrogens with two attached hydrogens (primary N) is 1. The highest BCUT2D eigenvalue weighted by Crippen LogP contribution is 2.33. The van der Waals surface area contributed by atoms with Crippen LogP contribution in [-0.2, 0) is 4.79 Å². The Hall–Kier alpha value is -1.92. The molecular weight excluding hydrogens is 339 g/mol. The monoisotopic (exact) mass is 350 g/mol. The van der Waals surface area contributed by atoms with Crippen LogP contribution in [0.3, 0.4) is 0 Å². The van der Waals surface area contributed by atoms with E-state index >= 15 is 0 Å². The summed E-state index contributed by atoms with van der Waals surface area (Å²) in [7, 11) is 0. The quantitative estimate of drug-likeness (QED) is 0.874. The molecule has 3 rings (SSSR count). The summed E-state index contributed by atoms with van der Waals surface area (Å²) in [5, 5.41) is 2.73. The van der Waals surface area contributed by atoms with Crippen molar-refractivity contribution in [1.29, 1.82) is 0 Å². The lowest BCUT2D eigenvalue weighted by Crippen LogP contribution is -2.25. The topological polar surface area (TPSA) is 64.3 Å². The fourth-order valence-corrected chi connectivity index (χ4v) is 2.72. The standard InChI is InChI=1S/C15H12BrFN2O2/c16-11-3-2-9(17)6-10(11)15(18)8-1-4-13-12(5-8)19-14(20)7-21-13/h1-6,15H,7,18H2,(H,19,20). The predicted octanol–water partition coefficient (Wildman–Crippen LogP) is 2.97. The van der Waals surface area contributed by atoms with Crippen LogP contribution in [0, 0.1) is 5.82 Å². The fraction of sp³-hybridized carbons (Fsp3) is 0.133. The molecule has 2 aromatic rings. The van der Waals surface area contributed by atoms with Crippen LogP contribution in [-0.4, -0.2) is 12.5 Å². The normalized spacial score (nSPS) is 14.9. The molecule has 0 saturated carbocycles. The molecule has 108 valence electrons. The van der Waals surface area contributed by atoms with Gasteiger partial charge in [-0.25, -0.2) is 4.39 Å². The van der Waals surface area contributed by atoms with E-state index in [1.807, 2.05) is 0 Å². The molecule has 3 N–H and O–H groups in total. The predicted molar refractivity (Wildman–Crippen MR) is 80.7 cm³/mol. The molecule has 1 atom stereocenters. The molecule has 0 aromatic heterocycles. The Bertz CT molecular complexity index is 721. The van der Waals surface area contributed by atoms with Crippen molar-refractivity contribution in [3.63, 3.8) is 0 Å². The van der Waals surface area contributed by atoms with Gasteiger partial charge in [-0.2, -0.15) is 0 Å². The third kappa shape index (κ3) is 2.77. The lowest BCUT2D eigenvalue weighted by Gasteiger charge is -2.21. The van der Waals surface area contributed by atoms with Crippen LogP contribution in [0.2, 0.25) is 0 Å². The highest BCUT2D eigenvalue weighted by molar-refractivity contribution is 9.10. The number of carbonyl (C=O) groups is 1. The number of ether oxygens (including phenoxy) is 1. The first kappa shape index (κ1) is 14.0. The van der Waals surface area contributed by atoms with Crippen molar-refractivity contribution >= 4 is 27.5 Å². The average molecular weight is 351 g/mol. The number of amides is 1. The van der Waals surface area contributed by atoms with Crippen LogP contribution in [0.15, 0.2) is 40.9 Å². The van der Waals surface area contributed by atoms with E-state index in [4.69, 9.17) is 10.5 Å². The number of benzene rings is 2. The maximum Gasteiger partial charge on any atom is 0.262 e. The van der Waals surface area contributed by atoms with E-state index in [0.29, 0.717) is 17.0 Å². The fourth-order valence-electron chi connectivity index (χ4n) is 2.23. The van der Waals surface area contributed by atoms with E-state index in [2.05, 4.69) is 21.2 Å². The molecule has 4 nitrogen and oxygen atoms in total. The van der Waals surface area contributed by atoms with Gasteiger partial charge < -0.3 is 15.8 Å². The van der Waals surface area contributed by atoms with Gasteiger partial charge >= 0.3 is 0 Å². The largest absolute Gasteiger partial charge is 0.482 e. The van der Waals surface area contributed by atoms with Crippen LogP contribution < -0.4 is 15.8 Å². The Morgan fingerprint density at radius 2 is 2.10 bits per heavy atom. The van der Waals surface area contributed by atoms with Gasteiger partial charge in [0.25, 0.3) is 5.91 Å². The summed E-state index contributed by atoms with van der Waals surface area (Å²) in [5.74, 6) is 0.0438. The lowest BCUT2D eigenvalue weighted by molar-refractivity contribution is -0.118. The first-order valence-electron chi connectivity index (χ1n) is 6.32. The Morgan fingerprint density at radius 1 is 1.29 bits per heavy atom. The van der Waals surface area contributed by atoms with E-state index in [1.165, 1.54) is 12.1 Å². The third-order valence-corrected chi connectivity index (χ3v) is 4.01. The van der Waals surface area contributed by atoms with Crippen molar-refractivity contribution in [2.24, 2.45) is 5.73 Å². The number of halogens is 2. The van der Waals surface area contributed by atoms with E-state index in [0.717, 1.165) is 10.0 Å². The minimum Gasteiger partial charge on any atom is -0.482 e. The molecule has 0 aliphatic carbocycles. The SMILES string of the molecule is NC(c1ccc2c(c1)NC(=O)CO2)c1cc(F)ccc1Br. The molecule has 0 radical (unpaired) electrons. The van der Waals surface area contributed by atoms with E-state index in [-0.39, 0.29) is 18.3 Å². The number of hydrogen-bond donors (Lipinski definition) is 2. The second-order valence-corrected chi connectivity index (χ2v) is 5.59. The molecule has 1 aliphatic heterocycles. The maximum atomic E-state index is 13.4. The van der Waals surface area contributed by atoms with Crippen LogP contribution in [0.4, 0.5) is 10.1 Å². The molecule has 1 amide bonds. The van der Waals surface area contributed by atoms with E-state index in [1.54, 1.807) is 24.3 Å². The Kier molecular flexibility index (Phi) is 3.65. The zero-order valence-corrected chi connectivity index (χ0v) is 12.5. The van der Waals surface area contributed by atoms with Gasteiger partial charge in [-0.05, 0) is 41.5 Å². The highest BCUT2D eigenvalue weighted by Gasteiger charge is 2.19. The van der Waals surface area contributed by atoms with Gasteiger partial charge in [-0.3, -0.25) is 4.79 Å². The van der Waals surface area contributed by atoms with Gasteiger partial charge in [0, 0.05) is 4.47 Å². The smallest absolute Gasteiger partial charge is 0.262 e. The van der Waals surface area contributed by atoms with Gasteiger partial charge in [-0.1, -0.05) is 22.0 Å². The highest BCUT2D eigenvalue weighted by atomic mass is 79.9. The molecule has 0 spiro atoms. The molecule has 21 heavy (non-hydrogen) atoms. The van der Waals surface area contributed by atoms with E-state index < -0.39 is 6.04 Å². The van der Waals surface area contributed by atoms with Crippen molar-refractivity contribution in [3.8, 4) is 5.75 Å². The van der Waals surface area contributed by atoms with E-state index in [9.17, 15) is 9.18 Å². The molecule has 1 aliphatic rings. The summed E-state index contributed by atoms with van der Waals surface area (Å²) in [5.41, 5.74) is 8.17. The van der Waals surface area contributed by atoms with Crippen LogP contribution in [0.25, 0.3) is 0 Å². The first-order valence-corrected chi connectivity index (χ1v) is 7.11. The number of rotatable bonds is 2. The van der Waals surface area contributed by atoms with Crippen molar-refractivity contribution in [2.45, 2.75) is 6.04 Å². The molecule has 0 saturated heterocycles. The summed E-state index contributed by atoms with van der Waals surface area (Å²) in [6, 6.07) is 9.15. The van der Waals surface area contributed by atoms with Crippen molar-refractivity contribution in [1.82, 2.24) is 0 Å². The molecule has 0 bridgehead atoms. The minimum atomic E-state index is -0.515. The maximum absolute atomic E-state index is 13.4. The summed E-state index contributed by atoms with van der Waals surface area (Å²) in [6.07, 6.45) is 0. The number of anilines is 1. The van der Waals surface area contributed by atoms with Gasteiger partial charge in [0.1, 0.15) is 11.6 Å². The molecule has 1 heterocycles. The van der Waals surface area contributed by atoms with Crippen LogP contribution in [0.1, 0.15) is 17.2 Å². The van der Waals surface area contributed by atoms with Gasteiger partial charge in [-0.15, -0.1) is 0 Å². The average Bonchev–Trinajstić information content (AvgIpc) is 2.48. The van der Waals surface area contributed by atoms with Crippen LogP contribution >= 0.6 is 15.9 Å². The Labute approximate surface area is 129 Å². The molecule has 2 aromatic carbocycles. The summed E-state index contributed by atoms with van der Waals surface area (Å²) < 4.78 is 19.4. The Balaban J connectivity index is 1.98. The summed E-state index contributed by atoms with van der Waals surface area (Å²) >= 11 is 3.37. The second kappa shape index (κ2) is 5.46. The number of carbonyl (C=O) groups excluding carboxylic acids is 1. The van der Waals surface area contributed by atoms with Gasteiger partial charge in [0.05, 0.1) is 11.7 Å². The molecule has 6 heteroatoms. The molecule has 1 unspecified atom stereocenters. The second-order valence-electron chi connectivity index (χ2n) is 4.74. The molecular formula is C15H12BrFN2O2. The molecule has 0 fully saturated rings.